The number of para-hydroxylation sites is 1. The van der Waals surface area contributed by atoms with Crippen molar-refractivity contribution in [1.29, 1.82) is 0 Å². The van der Waals surface area contributed by atoms with Crippen molar-refractivity contribution >= 4 is 17.5 Å². The second-order valence-corrected chi connectivity index (χ2v) is 6.71. The fourth-order valence-corrected chi connectivity index (χ4v) is 3.61. The van der Waals surface area contributed by atoms with Gasteiger partial charge in [0, 0.05) is 25.3 Å². The molecule has 0 bridgehead atoms. The summed E-state index contributed by atoms with van der Waals surface area (Å²) in [6.45, 7) is 6.35. The Morgan fingerprint density at radius 2 is 1.78 bits per heavy atom. The minimum atomic E-state index is -0.776. The third-order valence-corrected chi connectivity index (χ3v) is 4.98. The van der Waals surface area contributed by atoms with Gasteiger partial charge in [-0.2, -0.15) is 0 Å². The van der Waals surface area contributed by atoms with Gasteiger partial charge in [-0.25, -0.2) is 0 Å². The van der Waals surface area contributed by atoms with Crippen molar-refractivity contribution < 1.29 is 9.59 Å². The summed E-state index contributed by atoms with van der Waals surface area (Å²) < 4.78 is 0. The van der Waals surface area contributed by atoms with Crippen LogP contribution in [0.5, 0.6) is 0 Å². The van der Waals surface area contributed by atoms with E-state index < -0.39 is 5.41 Å². The maximum absolute atomic E-state index is 13.1. The highest BCUT2D eigenvalue weighted by Gasteiger charge is 2.59. The normalized spacial score (nSPS) is 17.7. The van der Waals surface area contributed by atoms with Gasteiger partial charge in [-0.3, -0.25) is 9.59 Å². The van der Waals surface area contributed by atoms with Gasteiger partial charge >= 0.3 is 0 Å². The molecule has 1 aliphatic heterocycles. The minimum Gasteiger partial charge on any atom is -0.342 e. The van der Waals surface area contributed by atoms with Crippen LogP contribution in [0.25, 0.3) is 0 Å². The number of hydrogen-bond donors (Lipinski definition) is 0. The van der Waals surface area contributed by atoms with E-state index in [1.807, 2.05) is 28.0 Å². The molecule has 0 saturated heterocycles. The van der Waals surface area contributed by atoms with Crippen LogP contribution in [-0.2, 0) is 16.0 Å². The zero-order valence-corrected chi connectivity index (χ0v) is 14.2. The van der Waals surface area contributed by atoms with Crippen LogP contribution < -0.4 is 4.90 Å². The van der Waals surface area contributed by atoms with E-state index in [0.717, 1.165) is 38.0 Å². The van der Waals surface area contributed by atoms with E-state index >= 15 is 0 Å². The highest BCUT2D eigenvalue weighted by atomic mass is 16.2. The molecule has 124 valence electrons. The maximum atomic E-state index is 13.1. The first kappa shape index (κ1) is 16.0. The second kappa shape index (κ2) is 6.34. The molecule has 3 rings (SSSR count). The highest BCUT2D eigenvalue weighted by Crippen LogP contribution is 2.50. The summed E-state index contributed by atoms with van der Waals surface area (Å²) in [5, 5.41) is 0. The molecule has 4 heteroatoms. The molecule has 0 spiro atoms. The van der Waals surface area contributed by atoms with Crippen LogP contribution in [-0.4, -0.2) is 36.3 Å². The Morgan fingerprint density at radius 3 is 2.39 bits per heavy atom. The average molecular weight is 314 g/mol. The molecule has 2 amide bonds. The van der Waals surface area contributed by atoms with Gasteiger partial charge in [-0.1, -0.05) is 32.0 Å². The predicted molar refractivity (Wildman–Crippen MR) is 91.3 cm³/mol. The zero-order valence-electron chi connectivity index (χ0n) is 14.2. The van der Waals surface area contributed by atoms with Gasteiger partial charge in [-0.15, -0.1) is 0 Å². The molecule has 1 fully saturated rings. The van der Waals surface area contributed by atoms with Crippen LogP contribution in [0.1, 0.15) is 45.1 Å². The molecular weight excluding hydrogens is 288 g/mol. The fraction of sp³-hybridized carbons (Fsp3) is 0.579. The van der Waals surface area contributed by atoms with E-state index in [9.17, 15) is 9.59 Å². The van der Waals surface area contributed by atoms with Crippen LogP contribution in [0.4, 0.5) is 5.69 Å². The van der Waals surface area contributed by atoms with Crippen molar-refractivity contribution in [2.75, 3.05) is 24.5 Å². The fourth-order valence-electron chi connectivity index (χ4n) is 3.61. The van der Waals surface area contributed by atoms with Crippen molar-refractivity contribution in [1.82, 2.24) is 4.90 Å². The van der Waals surface area contributed by atoms with Crippen molar-refractivity contribution in [3.8, 4) is 0 Å². The highest BCUT2D eigenvalue weighted by molar-refractivity contribution is 6.14. The van der Waals surface area contributed by atoms with E-state index in [1.54, 1.807) is 0 Å². The van der Waals surface area contributed by atoms with Gasteiger partial charge in [0.2, 0.25) is 11.8 Å². The zero-order chi connectivity index (χ0) is 16.4. The maximum Gasteiger partial charge on any atom is 0.242 e. The summed E-state index contributed by atoms with van der Waals surface area (Å²) in [6.07, 6.45) is 4.16. The Morgan fingerprint density at radius 1 is 1.13 bits per heavy atom. The smallest absolute Gasteiger partial charge is 0.242 e. The lowest BCUT2D eigenvalue weighted by Gasteiger charge is -2.29. The summed E-state index contributed by atoms with van der Waals surface area (Å²) in [6, 6.07) is 8.04. The lowest BCUT2D eigenvalue weighted by molar-refractivity contribution is -0.143. The molecule has 0 N–H and O–H groups in total. The van der Waals surface area contributed by atoms with Crippen LogP contribution in [0.3, 0.4) is 0 Å². The average Bonchev–Trinajstić information content (AvgIpc) is 3.27. The van der Waals surface area contributed by atoms with E-state index in [2.05, 4.69) is 19.9 Å². The number of amides is 2. The Hall–Kier alpha value is -1.84. The monoisotopic (exact) mass is 314 g/mol. The molecular formula is C19H26N2O2. The van der Waals surface area contributed by atoms with Gasteiger partial charge in [0.1, 0.15) is 5.41 Å². The van der Waals surface area contributed by atoms with E-state index in [4.69, 9.17) is 0 Å². The lowest BCUT2D eigenvalue weighted by Crippen LogP contribution is -2.47. The third-order valence-electron chi connectivity index (χ3n) is 4.98. The summed E-state index contributed by atoms with van der Waals surface area (Å²) in [5.41, 5.74) is 1.43. The molecule has 1 aliphatic carbocycles. The molecule has 0 unspecified atom stereocenters. The topological polar surface area (TPSA) is 40.6 Å². The van der Waals surface area contributed by atoms with E-state index in [0.29, 0.717) is 19.4 Å². The summed E-state index contributed by atoms with van der Waals surface area (Å²) in [7, 11) is 0. The van der Waals surface area contributed by atoms with Crippen molar-refractivity contribution in [2.45, 2.75) is 46.0 Å². The number of nitrogens with zero attached hydrogens (tertiary/aromatic N) is 2. The Labute approximate surface area is 138 Å². The van der Waals surface area contributed by atoms with Gasteiger partial charge in [0.15, 0.2) is 0 Å². The predicted octanol–water partition coefficient (Wildman–Crippen LogP) is 3.00. The first-order valence-corrected chi connectivity index (χ1v) is 8.83. The summed E-state index contributed by atoms with van der Waals surface area (Å²) in [4.78, 5) is 29.9. The number of carbonyl (C=O) groups excluding carboxylic acids is 2. The molecule has 0 radical (unpaired) electrons. The molecule has 1 saturated carbocycles. The minimum absolute atomic E-state index is 0.0182. The van der Waals surface area contributed by atoms with Crippen molar-refractivity contribution in [3.05, 3.63) is 29.8 Å². The number of rotatable bonds is 6. The molecule has 4 nitrogen and oxygen atoms in total. The van der Waals surface area contributed by atoms with Crippen LogP contribution in [0.2, 0.25) is 0 Å². The molecule has 23 heavy (non-hydrogen) atoms. The molecule has 0 aromatic heterocycles. The van der Waals surface area contributed by atoms with Crippen LogP contribution in [0.15, 0.2) is 24.3 Å². The van der Waals surface area contributed by atoms with E-state index in [1.165, 1.54) is 5.56 Å². The number of benzene rings is 1. The van der Waals surface area contributed by atoms with Gasteiger partial charge in [-0.05, 0) is 43.7 Å². The quantitative estimate of drug-likeness (QED) is 0.757. The number of carbonyl (C=O) groups is 2. The van der Waals surface area contributed by atoms with Crippen molar-refractivity contribution in [2.24, 2.45) is 5.41 Å². The number of hydrogen-bond acceptors (Lipinski definition) is 2. The van der Waals surface area contributed by atoms with E-state index in [-0.39, 0.29) is 11.8 Å². The molecule has 2 aliphatic rings. The summed E-state index contributed by atoms with van der Waals surface area (Å²) >= 11 is 0. The Kier molecular flexibility index (Phi) is 4.42. The standard InChI is InChI=1S/C19H26N2O2/c1-3-12-20(13-4-2)17(22)19(10-11-19)18(23)21-14-9-15-7-5-6-8-16(15)21/h5-8H,3-4,9-14H2,1-2H3. The molecule has 1 heterocycles. The van der Waals surface area contributed by atoms with Gasteiger partial charge < -0.3 is 9.80 Å². The number of anilines is 1. The molecule has 1 aromatic rings. The first-order valence-electron chi connectivity index (χ1n) is 8.83. The van der Waals surface area contributed by atoms with Crippen LogP contribution in [0, 0.1) is 5.41 Å². The van der Waals surface area contributed by atoms with Gasteiger partial charge in [0.05, 0.1) is 0 Å². The Bertz CT molecular complexity index is 601. The summed E-state index contributed by atoms with van der Waals surface area (Å²) in [5.74, 6) is 0.0697. The first-order chi connectivity index (χ1) is 11.1. The SMILES string of the molecule is CCCN(CCC)C(=O)C1(C(=O)N2CCc3ccccc32)CC1. The van der Waals surface area contributed by atoms with Crippen LogP contribution >= 0.6 is 0 Å². The lowest BCUT2D eigenvalue weighted by atomic mass is 10.0. The molecule has 1 aromatic carbocycles. The Balaban J connectivity index is 1.80. The van der Waals surface area contributed by atoms with Crippen molar-refractivity contribution in [3.63, 3.8) is 0 Å². The largest absolute Gasteiger partial charge is 0.342 e. The number of fused-ring (bicyclic) bond motifs is 1. The second-order valence-electron chi connectivity index (χ2n) is 6.71. The van der Waals surface area contributed by atoms with Gasteiger partial charge in [0.25, 0.3) is 0 Å². The third kappa shape index (κ3) is 2.75. The molecule has 0 atom stereocenters.